The van der Waals surface area contributed by atoms with Crippen LogP contribution < -0.4 is 5.73 Å². The highest BCUT2D eigenvalue weighted by Crippen LogP contribution is 2.38. The third-order valence-corrected chi connectivity index (χ3v) is 7.80. The Labute approximate surface area is 172 Å². The van der Waals surface area contributed by atoms with Crippen LogP contribution in [0.25, 0.3) is 0 Å². The van der Waals surface area contributed by atoms with Crippen molar-refractivity contribution in [1.82, 2.24) is 4.31 Å². The van der Waals surface area contributed by atoms with Crippen molar-refractivity contribution in [1.29, 1.82) is 0 Å². The molecular formula is C21H25ClN2O3S. The molecule has 1 saturated heterocycles. The molecule has 3 atom stereocenters. The highest BCUT2D eigenvalue weighted by Gasteiger charge is 2.43. The van der Waals surface area contributed by atoms with Crippen LogP contribution in [0, 0.1) is 11.8 Å². The number of carbonyl (C=O) groups excluding carboxylic acids is 1. The minimum Gasteiger partial charge on any atom is -0.327 e. The third kappa shape index (κ3) is 3.74. The first-order valence-electron chi connectivity index (χ1n) is 9.43. The van der Waals surface area contributed by atoms with Gasteiger partial charge in [-0.1, -0.05) is 48.9 Å². The van der Waals surface area contributed by atoms with Crippen LogP contribution in [0.2, 0.25) is 0 Å². The average molecular weight is 421 g/mol. The number of fused-ring (bicyclic) bond motifs is 1. The third-order valence-electron chi connectivity index (χ3n) is 5.91. The largest absolute Gasteiger partial charge is 0.327 e. The van der Waals surface area contributed by atoms with Gasteiger partial charge in [0.1, 0.15) is 0 Å². The van der Waals surface area contributed by atoms with Crippen LogP contribution in [0.1, 0.15) is 35.2 Å². The molecule has 0 spiro atoms. The number of nitrogens with zero attached hydrogens (tertiary/aromatic N) is 1. The Hall–Kier alpha value is -1.73. The molecule has 1 heterocycles. The lowest BCUT2D eigenvalue weighted by Crippen LogP contribution is -2.38. The van der Waals surface area contributed by atoms with Crippen LogP contribution in [0.5, 0.6) is 0 Å². The van der Waals surface area contributed by atoms with Crippen molar-refractivity contribution < 1.29 is 13.2 Å². The van der Waals surface area contributed by atoms with Crippen molar-refractivity contribution in [2.45, 2.75) is 30.2 Å². The van der Waals surface area contributed by atoms with Gasteiger partial charge in [0.15, 0.2) is 5.78 Å². The summed E-state index contributed by atoms with van der Waals surface area (Å²) in [6, 6.07) is 15.3. The molecule has 2 aliphatic rings. The number of sulfonamides is 1. The molecule has 2 aromatic carbocycles. The number of hydrogen-bond donors (Lipinski definition) is 1. The first-order valence-corrected chi connectivity index (χ1v) is 10.9. The number of rotatable bonds is 4. The lowest BCUT2D eigenvalue weighted by Gasteiger charge is -2.29. The molecule has 5 nitrogen and oxygen atoms in total. The fourth-order valence-corrected chi connectivity index (χ4v) is 6.16. The molecule has 1 aliphatic heterocycles. The molecule has 4 rings (SSSR count). The molecule has 7 heteroatoms. The zero-order valence-electron chi connectivity index (χ0n) is 15.5. The first-order chi connectivity index (χ1) is 13.0. The van der Waals surface area contributed by atoms with Gasteiger partial charge in [0.2, 0.25) is 10.0 Å². The van der Waals surface area contributed by atoms with E-state index >= 15 is 0 Å². The summed E-state index contributed by atoms with van der Waals surface area (Å²) in [5.41, 5.74) is 6.95. The maximum Gasteiger partial charge on any atom is 0.243 e. The van der Waals surface area contributed by atoms with Gasteiger partial charge in [-0.3, -0.25) is 4.79 Å². The lowest BCUT2D eigenvalue weighted by molar-refractivity contribution is 0.103. The van der Waals surface area contributed by atoms with E-state index < -0.39 is 10.0 Å². The van der Waals surface area contributed by atoms with Gasteiger partial charge in [-0.15, -0.1) is 12.4 Å². The second-order valence-corrected chi connectivity index (χ2v) is 9.44. The number of hydrogen-bond acceptors (Lipinski definition) is 4. The van der Waals surface area contributed by atoms with Crippen LogP contribution in [-0.4, -0.2) is 37.6 Å². The fraction of sp³-hybridized carbons (Fsp3) is 0.381. The molecule has 3 unspecified atom stereocenters. The van der Waals surface area contributed by atoms with E-state index in [4.69, 9.17) is 5.73 Å². The second-order valence-electron chi connectivity index (χ2n) is 7.53. The van der Waals surface area contributed by atoms with E-state index in [0.29, 0.717) is 24.6 Å². The van der Waals surface area contributed by atoms with Crippen molar-refractivity contribution in [3.8, 4) is 0 Å². The molecule has 1 saturated carbocycles. The summed E-state index contributed by atoms with van der Waals surface area (Å²) < 4.78 is 28.3. The van der Waals surface area contributed by atoms with Gasteiger partial charge < -0.3 is 5.73 Å². The summed E-state index contributed by atoms with van der Waals surface area (Å²) in [6.07, 6.45) is 3.03. The van der Waals surface area contributed by atoms with Gasteiger partial charge in [-0.25, -0.2) is 8.42 Å². The van der Waals surface area contributed by atoms with Crippen LogP contribution in [0.3, 0.4) is 0 Å². The average Bonchev–Trinajstić information content (AvgIpc) is 3.15. The topological polar surface area (TPSA) is 80.5 Å². The molecule has 0 amide bonds. The highest BCUT2D eigenvalue weighted by molar-refractivity contribution is 7.89. The highest BCUT2D eigenvalue weighted by atomic mass is 35.5. The zero-order chi connectivity index (χ0) is 19.0. The number of nitrogens with two attached hydrogens (primary N) is 1. The summed E-state index contributed by atoms with van der Waals surface area (Å²) in [4.78, 5) is 13.0. The number of ketones is 1. The van der Waals surface area contributed by atoms with E-state index in [9.17, 15) is 13.2 Å². The summed E-state index contributed by atoms with van der Waals surface area (Å²) in [5, 5.41) is 0. The van der Waals surface area contributed by atoms with E-state index in [-0.39, 0.29) is 40.6 Å². The van der Waals surface area contributed by atoms with Gasteiger partial charge >= 0.3 is 0 Å². The summed E-state index contributed by atoms with van der Waals surface area (Å²) in [6.45, 7) is 0.941. The Kier molecular flexibility index (Phi) is 6.25. The lowest BCUT2D eigenvalue weighted by atomic mass is 9.78. The van der Waals surface area contributed by atoms with Gasteiger partial charge in [-0.2, -0.15) is 4.31 Å². The van der Waals surface area contributed by atoms with E-state index in [1.54, 1.807) is 42.5 Å². The van der Waals surface area contributed by atoms with Gasteiger partial charge in [0.05, 0.1) is 4.90 Å². The van der Waals surface area contributed by atoms with Crippen LogP contribution in [0.4, 0.5) is 0 Å². The van der Waals surface area contributed by atoms with Crippen LogP contribution in [-0.2, 0) is 10.0 Å². The molecule has 2 N–H and O–H groups in total. The fourth-order valence-electron chi connectivity index (χ4n) is 4.44. The quantitative estimate of drug-likeness (QED) is 0.770. The maximum absolute atomic E-state index is 13.4. The monoisotopic (exact) mass is 420 g/mol. The molecule has 2 fully saturated rings. The molecule has 0 radical (unpaired) electrons. The van der Waals surface area contributed by atoms with Gasteiger partial charge in [0.25, 0.3) is 0 Å². The smallest absolute Gasteiger partial charge is 0.243 e. The Morgan fingerprint density at radius 2 is 1.64 bits per heavy atom. The van der Waals surface area contributed by atoms with Crippen molar-refractivity contribution >= 4 is 28.2 Å². The molecular weight excluding hydrogens is 396 g/mol. The number of carbonyl (C=O) groups is 1. The summed E-state index contributed by atoms with van der Waals surface area (Å²) in [5.74, 6) is 0.258. The number of halogens is 1. The molecule has 0 aromatic heterocycles. The zero-order valence-corrected chi connectivity index (χ0v) is 17.2. The van der Waals surface area contributed by atoms with Crippen molar-refractivity contribution in [3.05, 3.63) is 65.7 Å². The first kappa shape index (κ1) is 21.0. The van der Waals surface area contributed by atoms with Crippen molar-refractivity contribution in [2.24, 2.45) is 17.6 Å². The van der Waals surface area contributed by atoms with Crippen molar-refractivity contribution in [3.63, 3.8) is 0 Å². The van der Waals surface area contributed by atoms with Crippen LogP contribution in [0.15, 0.2) is 59.5 Å². The minimum atomic E-state index is -3.75. The molecule has 28 heavy (non-hydrogen) atoms. The predicted molar refractivity (Wildman–Crippen MR) is 111 cm³/mol. The Morgan fingerprint density at radius 3 is 2.36 bits per heavy atom. The summed E-state index contributed by atoms with van der Waals surface area (Å²) in [7, 11) is -3.75. The van der Waals surface area contributed by atoms with Gasteiger partial charge in [0, 0.05) is 30.3 Å². The second kappa shape index (κ2) is 8.33. The van der Waals surface area contributed by atoms with E-state index in [2.05, 4.69) is 0 Å². The SMILES string of the molecule is Cl.NC1CCCC2CN(S(=O)(=O)c3ccccc3C(=O)c3ccccc3)CC12. The minimum absolute atomic E-state index is 0. The van der Waals surface area contributed by atoms with E-state index in [1.807, 2.05) is 6.07 Å². The van der Waals surface area contributed by atoms with Gasteiger partial charge in [-0.05, 0) is 36.8 Å². The van der Waals surface area contributed by atoms with E-state index in [1.165, 1.54) is 10.4 Å². The Bertz CT molecular complexity index is 949. The Balaban J connectivity index is 0.00000225. The van der Waals surface area contributed by atoms with Crippen LogP contribution >= 0.6 is 12.4 Å². The maximum atomic E-state index is 13.4. The Morgan fingerprint density at radius 1 is 0.964 bits per heavy atom. The molecule has 0 bridgehead atoms. The normalized spacial score (nSPS) is 25.0. The summed E-state index contributed by atoms with van der Waals surface area (Å²) >= 11 is 0. The van der Waals surface area contributed by atoms with E-state index in [0.717, 1.165) is 19.3 Å². The molecule has 1 aliphatic carbocycles. The predicted octanol–water partition coefficient (Wildman–Crippen LogP) is 3.09. The standard InChI is InChI=1S/C21H24N2O3S.ClH/c22-19-11-6-9-16-13-23(14-18(16)19)27(25,26)20-12-5-4-10-17(20)21(24)15-7-2-1-3-8-15;/h1-5,7-8,10,12,16,18-19H,6,9,11,13-14,22H2;1H. The molecule has 2 aromatic rings. The number of benzene rings is 2. The van der Waals surface area contributed by atoms with Crippen molar-refractivity contribution in [2.75, 3.05) is 13.1 Å². The molecule has 150 valence electrons.